The Morgan fingerprint density at radius 2 is 1.79 bits per heavy atom. The second-order valence-electron chi connectivity index (χ2n) is 8.17. The zero-order chi connectivity index (χ0) is 24.1. The van der Waals surface area contributed by atoms with Gasteiger partial charge < -0.3 is 19.7 Å². The number of fused-ring (bicyclic) bond motifs is 1. The molecule has 0 aliphatic rings. The summed E-state index contributed by atoms with van der Waals surface area (Å²) in [5.74, 6) is 1.38. The molecule has 0 aliphatic heterocycles. The standard InChI is InChI=1S/C26H29N5O3/c1-18(2)28-10-11-30(21-12-22(33-3)14-23(13-21)34-4)20-7-8-25-29-16-24(26(32)31(25)17-20)19-6-5-9-27-15-19/h5-9,12-18,28H,10-11H2,1-4H3. The summed E-state index contributed by atoms with van der Waals surface area (Å²) in [7, 11) is 3.26. The number of ether oxygens (including phenoxy) is 2. The fourth-order valence-corrected chi connectivity index (χ4v) is 3.77. The zero-order valence-electron chi connectivity index (χ0n) is 19.9. The summed E-state index contributed by atoms with van der Waals surface area (Å²) in [6.45, 7) is 5.64. The Morgan fingerprint density at radius 1 is 1.03 bits per heavy atom. The van der Waals surface area contributed by atoms with Crippen LogP contribution in [0, 0.1) is 0 Å². The molecule has 1 N–H and O–H groups in total. The van der Waals surface area contributed by atoms with E-state index >= 15 is 0 Å². The third-order valence-electron chi connectivity index (χ3n) is 5.51. The predicted octanol–water partition coefficient (Wildman–Crippen LogP) is 3.91. The van der Waals surface area contributed by atoms with Crippen LogP contribution in [0.1, 0.15) is 13.8 Å². The highest BCUT2D eigenvalue weighted by molar-refractivity contribution is 5.68. The van der Waals surface area contributed by atoms with Gasteiger partial charge >= 0.3 is 0 Å². The lowest BCUT2D eigenvalue weighted by atomic mass is 10.1. The van der Waals surface area contributed by atoms with Gasteiger partial charge in [0, 0.05) is 73.4 Å². The zero-order valence-corrected chi connectivity index (χ0v) is 19.9. The van der Waals surface area contributed by atoms with Crippen LogP contribution in [0.5, 0.6) is 11.5 Å². The number of methoxy groups -OCH3 is 2. The van der Waals surface area contributed by atoms with E-state index in [1.165, 1.54) is 0 Å². The van der Waals surface area contributed by atoms with Gasteiger partial charge in [-0.25, -0.2) is 4.98 Å². The summed E-state index contributed by atoms with van der Waals surface area (Å²) in [4.78, 5) is 24.1. The average Bonchev–Trinajstić information content (AvgIpc) is 2.87. The van der Waals surface area contributed by atoms with Gasteiger partial charge in [0.25, 0.3) is 5.56 Å². The number of hydrogen-bond acceptors (Lipinski definition) is 7. The van der Waals surface area contributed by atoms with Crippen molar-refractivity contribution in [3.05, 3.63) is 77.6 Å². The van der Waals surface area contributed by atoms with Crippen molar-refractivity contribution in [3.8, 4) is 22.6 Å². The Balaban J connectivity index is 1.82. The second-order valence-corrected chi connectivity index (χ2v) is 8.17. The lowest BCUT2D eigenvalue weighted by molar-refractivity contribution is 0.394. The molecule has 3 aromatic heterocycles. The molecule has 4 aromatic rings. The molecule has 3 heterocycles. The smallest absolute Gasteiger partial charge is 0.265 e. The fourth-order valence-electron chi connectivity index (χ4n) is 3.77. The van der Waals surface area contributed by atoms with Gasteiger partial charge in [-0.3, -0.25) is 14.2 Å². The topological polar surface area (TPSA) is 81.0 Å². The highest BCUT2D eigenvalue weighted by Crippen LogP contribution is 2.32. The van der Waals surface area contributed by atoms with Gasteiger partial charge in [0.2, 0.25) is 0 Å². The molecule has 0 saturated heterocycles. The Labute approximate surface area is 198 Å². The third kappa shape index (κ3) is 5.02. The highest BCUT2D eigenvalue weighted by atomic mass is 16.5. The first-order chi connectivity index (χ1) is 16.5. The lowest BCUT2D eigenvalue weighted by Crippen LogP contribution is -2.33. The molecular formula is C26H29N5O3. The summed E-state index contributed by atoms with van der Waals surface area (Å²) >= 11 is 0. The largest absolute Gasteiger partial charge is 0.497 e. The molecular weight excluding hydrogens is 430 g/mol. The van der Waals surface area contributed by atoms with E-state index in [9.17, 15) is 4.79 Å². The Morgan fingerprint density at radius 3 is 2.44 bits per heavy atom. The van der Waals surface area contributed by atoms with Crippen molar-refractivity contribution in [2.24, 2.45) is 0 Å². The number of pyridine rings is 2. The first-order valence-corrected chi connectivity index (χ1v) is 11.2. The van der Waals surface area contributed by atoms with Gasteiger partial charge in [-0.15, -0.1) is 0 Å². The third-order valence-corrected chi connectivity index (χ3v) is 5.51. The molecule has 8 nitrogen and oxygen atoms in total. The Hall–Kier alpha value is -3.91. The van der Waals surface area contributed by atoms with Gasteiger partial charge in [-0.05, 0) is 18.2 Å². The first kappa shape index (κ1) is 23.3. The van der Waals surface area contributed by atoms with E-state index in [2.05, 4.69) is 34.0 Å². The molecule has 0 atom stereocenters. The normalized spacial score (nSPS) is 11.1. The maximum Gasteiger partial charge on any atom is 0.265 e. The minimum atomic E-state index is -0.150. The molecule has 0 unspecified atom stereocenters. The molecule has 34 heavy (non-hydrogen) atoms. The van der Waals surface area contributed by atoms with Crippen molar-refractivity contribution in [1.82, 2.24) is 19.7 Å². The van der Waals surface area contributed by atoms with Crippen LogP contribution in [0.2, 0.25) is 0 Å². The van der Waals surface area contributed by atoms with Crippen LogP contribution in [0.4, 0.5) is 11.4 Å². The molecule has 0 spiro atoms. The summed E-state index contributed by atoms with van der Waals surface area (Å²) in [6, 6.07) is 13.6. The molecule has 4 rings (SSSR count). The van der Waals surface area contributed by atoms with E-state index in [4.69, 9.17) is 9.47 Å². The molecule has 0 bridgehead atoms. The molecule has 176 valence electrons. The number of anilines is 2. The summed E-state index contributed by atoms with van der Waals surface area (Å²) in [6.07, 6.45) is 6.78. The number of nitrogens with one attached hydrogen (secondary N) is 1. The summed E-state index contributed by atoms with van der Waals surface area (Å²) < 4.78 is 12.6. The quantitative estimate of drug-likeness (QED) is 0.406. The van der Waals surface area contributed by atoms with Crippen molar-refractivity contribution in [2.75, 3.05) is 32.2 Å². The van der Waals surface area contributed by atoms with Crippen molar-refractivity contribution in [1.29, 1.82) is 0 Å². The summed E-state index contributed by atoms with van der Waals surface area (Å²) in [5, 5.41) is 3.46. The Kier molecular flexibility index (Phi) is 7.08. The first-order valence-electron chi connectivity index (χ1n) is 11.2. The van der Waals surface area contributed by atoms with E-state index in [1.54, 1.807) is 43.3 Å². The molecule has 1 aromatic carbocycles. The maximum absolute atomic E-state index is 13.4. The van der Waals surface area contributed by atoms with Crippen LogP contribution in [0.15, 0.2) is 72.0 Å². The van der Waals surface area contributed by atoms with Crippen molar-refractivity contribution < 1.29 is 9.47 Å². The SMILES string of the molecule is COc1cc(OC)cc(N(CCNC(C)C)c2ccc3ncc(-c4cccnc4)c(=O)n3c2)c1. The van der Waals surface area contributed by atoms with E-state index in [1.807, 2.05) is 42.6 Å². The fraction of sp³-hybridized carbons (Fsp3) is 0.269. The van der Waals surface area contributed by atoms with Gasteiger partial charge in [-0.1, -0.05) is 19.9 Å². The van der Waals surface area contributed by atoms with E-state index in [-0.39, 0.29) is 5.56 Å². The number of aromatic nitrogens is 3. The van der Waals surface area contributed by atoms with Crippen molar-refractivity contribution >= 4 is 17.0 Å². The van der Waals surface area contributed by atoms with E-state index in [0.717, 1.165) is 23.5 Å². The second kappa shape index (κ2) is 10.4. The number of rotatable bonds is 9. The van der Waals surface area contributed by atoms with E-state index in [0.29, 0.717) is 35.3 Å². The van der Waals surface area contributed by atoms with Crippen LogP contribution in [-0.4, -0.2) is 47.7 Å². The molecule has 0 fully saturated rings. The van der Waals surface area contributed by atoms with Gasteiger partial charge in [-0.2, -0.15) is 0 Å². The van der Waals surface area contributed by atoms with Gasteiger partial charge in [0.05, 0.1) is 25.5 Å². The number of benzene rings is 1. The number of nitrogens with zero attached hydrogens (tertiary/aromatic N) is 4. The molecule has 0 radical (unpaired) electrons. The van der Waals surface area contributed by atoms with Crippen LogP contribution in [0.3, 0.4) is 0 Å². The molecule has 0 amide bonds. The predicted molar refractivity (Wildman–Crippen MR) is 134 cm³/mol. The van der Waals surface area contributed by atoms with Gasteiger partial charge in [0.1, 0.15) is 17.1 Å². The monoisotopic (exact) mass is 459 g/mol. The van der Waals surface area contributed by atoms with Gasteiger partial charge in [0.15, 0.2) is 0 Å². The van der Waals surface area contributed by atoms with Crippen LogP contribution < -0.4 is 25.2 Å². The van der Waals surface area contributed by atoms with E-state index < -0.39 is 0 Å². The average molecular weight is 460 g/mol. The highest BCUT2D eigenvalue weighted by Gasteiger charge is 2.15. The Bertz CT molecular complexity index is 1300. The van der Waals surface area contributed by atoms with Crippen LogP contribution in [0.25, 0.3) is 16.8 Å². The van der Waals surface area contributed by atoms with Crippen LogP contribution in [-0.2, 0) is 0 Å². The molecule has 8 heteroatoms. The number of hydrogen-bond donors (Lipinski definition) is 1. The maximum atomic E-state index is 13.4. The lowest BCUT2D eigenvalue weighted by Gasteiger charge is -2.27. The minimum absolute atomic E-state index is 0.150. The molecule has 0 aliphatic carbocycles. The van der Waals surface area contributed by atoms with Crippen molar-refractivity contribution in [3.63, 3.8) is 0 Å². The minimum Gasteiger partial charge on any atom is -0.497 e. The van der Waals surface area contributed by atoms with Crippen LogP contribution >= 0.6 is 0 Å². The summed E-state index contributed by atoms with van der Waals surface area (Å²) in [5.41, 5.74) is 3.40. The molecule has 0 saturated carbocycles. The van der Waals surface area contributed by atoms with Crippen molar-refractivity contribution in [2.45, 2.75) is 19.9 Å².